The summed E-state index contributed by atoms with van der Waals surface area (Å²) in [6.07, 6.45) is -0.585. The van der Waals surface area contributed by atoms with Crippen molar-refractivity contribution in [2.75, 3.05) is 6.61 Å². The molecule has 2 nitrogen and oxygen atoms in total. The minimum absolute atomic E-state index is 0.585. The molecule has 18 heavy (non-hydrogen) atoms. The molecule has 0 heterocycles. The molecule has 2 rings (SSSR count). The topological polar surface area (TPSA) is 29.5 Å². The minimum atomic E-state index is -0.585. The maximum atomic E-state index is 10.3. The second-order valence-electron chi connectivity index (χ2n) is 3.96. The van der Waals surface area contributed by atoms with E-state index in [0.29, 0.717) is 6.61 Å². The third-order valence-electron chi connectivity index (χ3n) is 2.69. The Morgan fingerprint density at radius 1 is 1.00 bits per heavy atom. The first kappa shape index (κ1) is 13.4. The zero-order valence-electron chi connectivity index (χ0n) is 10.1. The van der Waals surface area contributed by atoms with Gasteiger partial charge in [0.05, 0.1) is 6.61 Å². The number of aliphatic hydroxyl groups is 1. The molecule has 0 amide bonds. The van der Waals surface area contributed by atoms with Gasteiger partial charge in [0.2, 0.25) is 0 Å². The Labute approximate surface area is 121 Å². The molecule has 0 spiro atoms. The largest absolute Gasteiger partial charge is 0.494 e. The predicted octanol–water partition coefficient (Wildman–Crippen LogP) is 3.77. The Kier molecular flexibility index (Phi) is 4.60. The first-order valence-corrected chi connectivity index (χ1v) is 6.95. The standard InChI is InChI=1S/C15H15IO2/c1-2-18-14-9-5-12(6-10-14)15(17)11-3-7-13(16)8-4-11/h3-10,15,17H,2H2,1H3. The number of hydrogen-bond acceptors (Lipinski definition) is 2. The number of halogens is 1. The highest BCUT2D eigenvalue weighted by Gasteiger charge is 2.10. The lowest BCUT2D eigenvalue weighted by molar-refractivity contribution is 0.220. The van der Waals surface area contributed by atoms with Crippen LogP contribution >= 0.6 is 22.6 Å². The Hall–Kier alpha value is -1.07. The van der Waals surface area contributed by atoms with Gasteiger partial charge in [0.1, 0.15) is 11.9 Å². The molecule has 0 aromatic heterocycles. The van der Waals surface area contributed by atoms with Gasteiger partial charge < -0.3 is 9.84 Å². The van der Waals surface area contributed by atoms with Crippen LogP contribution in [0.4, 0.5) is 0 Å². The summed E-state index contributed by atoms with van der Waals surface area (Å²) in [6.45, 7) is 2.60. The first-order valence-electron chi connectivity index (χ1n) is 5.87. The van der Waals surface area contributed by atoms with Crippen LogP contribution in [0.25, 0.3) is 0 Å². The van der Waals surface area contributed by atoms with Crippen molar-refractivity contribution in [1.82, 2.24) is 0 Å². The van der Waals surface area contributed by atoms with Crippen LogP contribution in [-0.2, 0) is 0 Å². The van der Waals surface area contributed by atoms with Gasteiger partial charge in [0, 0.05) is 3.57 Å². The van der Waals surface area contributed by atoms with E-state index in [9.17, 15) is 5.11 Å². The van der Waals surface area contributed by atoms with Crippen molar-refractivity contribution in [1.29, 1.82) is 0 Å². The lowest BCUT2D eigenvalue weighted by atomic mass is 10.0. The highest BCUT2D eigenvalue weighted by atomic mass is 127. The number of benzene rings is 2. The van der Waals surface area contributed by atoms with E-state index >= 15 is 0 Å². The molecule has 0 aliphatic heterocycles. The minimum Gasteiger partial charge on any atom is -0.494 e. The molecule has 0 aliphatic carbocycles. The fourth-order valence-corrected chi connectivity index (χ4v) is 2.11. The lowest BCUT2D eigenvalue weighted by Crippen LogP contribution is -2.00. The normalized spacial score (nSPS) is 12.2. The quantitative estimate of drug-likeness (QED) is 0.847. The third kappa shape index (κ3) is 3.23. The molecule has 0 saturated heterocycles. The molecular formula is C15H15IO2. The molecular weight excluding hydrogens is 339 g/mol. The summed E-state index contributed by atoms with van der Waals surface area (Å²) in [5.41, 5.74) is 1.78. The van der Waals surface area contributed by atoms with Crippen molar-refractivity contribution in [2.45, 2.75) is 13.0 Å². The lowest BCUT2D eigenvalue weighted by Gasteiger charge is -2.12. The Morgan fingerprint density at radius 3 is 2.00 bits per heavy atom. The van der Waals surface area contributed by atoms with E-state index in [1.54, 1.807) is 0 Å². The average molecular weight is 354 g/mol. The molecule has 0 aliphatic rings. The van der Waals surface area contributed by atoms with Crippen LogP contribution in [0, 0.1) is 3.57 Å². The summed E-state index contributed by atoms with van der Waals surface area (Å²) >= 11 is 2.25. The number of aliphatic hydroxyl groups excluding tert-OH is 1. The molecule has 0 radical (unpaired) electrons. The van der Waals surface area contributed by atoms with Crippen LogP contribution in [0.5, 0.6) is 5.75 Å². The van der Waals surface area contributed by atoms with Gasteiger partial charge in [-0.3, -0.25) is 0 Å². The van der Waals surface area contributed by atoms with Crippen LogP contribution in [0.3, 0.4) is 0 Å². The molecule has 0 fully saturated rings. The molecule has 2 aromatic rings. The monoisotopic (exact) mass is 354 g/mol. The van der Waals surface area contributed by atoms with E-state index in [-0.39, 0.29) is 0 Å². The zero-order valence-corrected chi connectivity index (χ0v) is 12.3. The van der Waals surface area contributed by atoms with Gasteiger partial charge >= 0.3 is 0 Å². The van der Waals surface area contributed by atoms with E-state index in [1.165, 1.54) is 0 Å². The van der Waals surface area contributed by atoms with Crippen LogP contribution in [0.15, 0.2) is 48.5 Å². The van der Waals surface area contributed by atoms with E-state index in [2.05, 4.69) is 22.6 Å². The second kappa shape index (κ2) is 6.20. The molecule has 3 heteroatoms. The van der Waals surface area contributed by atoms with Crippen molar-refractivity contribution >= 4 is 22.6 Å². The van der Waals surface area contributed by atoms with Gasteiger partial charge in [-0.2, -0.15) is 0 Å². The smallest absolute Gasteiger partial charge is 0.119 e. The number of ether oxygens (including phenoxy) is 1. The Morgan fingerprint density at radius 2 is 1.50 bits per heavy atom. The van der Waals surface area contributed by atoms with Gasteiger partial charge in [-0.15, -0.1) is 0 Å². The maximum absolute atomic E-state index is 10.3. The van der Waals surface area contributed by atoms with Crippen LogP contribution in [0.2, 0.25) is 0 Å². The van der Waals surface area contributed by atoms with Gasteiger partial charge in [-0.1, -0.05) is 24.3 Å². The molecule has 1 unspecified atom stereocenters. The second-order valence-corrected chi connectivity index (χ2v) is 5.20. The van der Waals surface area contributed by atoms with Gasteiger partial charge in [0.15, 0.2) is 0 Å². The molecule has 1 N–H and O–H groups in total. The van der Waals surface area contributed by atoms with E-state index in [0.717, 1.165) is 20.4 Å². The number of hydrogen-bond donors (Lipinski definition) is 1. The van der Waals surface area contributed by atoms with Gasteiger partial charge in [-0.25, -0.2) is 0 Å². The summed E-state index contributed by atoms with van der Waals surface area (Å²) in [6, 6.07) is 15.4. The summed E-state index contributed by atoms with van der Waals surface area (Å²) in [5, 5.41) is 10.3. The SMILES string of the molecule is CCOc1ccc(C(O)c2ccc(I)cc2)cc1. The van der Waals surface area contributed by atoms with Crippen molar-refractivity contribution in [3.63, 3.8) is 0 Å². The molecule has 94 valence electrons. The van der Waals surface area contributed by atoms with E-state index < -0.39 is 6.10 Å². The van der Waals surface area contributed by atoms with Crippen LogP contribution in [0.1, 0.15) is 24.2 Å². The van der Waals surface area contributed by atoms with Crippen molar-refractivity contribution < 1.29 is 9.84 Å². The van der Waals surface area contributed by atoms with Gasteiger partial charge in [-0.05, 0) is 64.9 Å². The first-order chi connectivity index (χ1) is 8.70. The molecule has 0 saturated carbocycles. The fourth-order valence-electron chi connectivity index (χ4n) is 1.75. The Bertz CT molecular complexity index is 491. The number of rotatable bonds is 4. The maximum Gasteiger partial charge on any atom is 0.119 e. The molecule has 0 bridgehead atoms. The highest BCUT2D eigenvalue weighted by molar-refractivity contribution is 14.1. The third-order valence-corrected chi connectivity index (χ3v) is 3.41. The fraction of sp³-hybridized carbons (Fsp3) is 0.200. The van der Waals surface area contributed by atoms with Crippen molar-refractivity contribution in [3.05, 3.63) is 63.2 Å². The summed E-state index contributed by atoms with van der Waals surface area (Å²) in [5.74, 6) is 0.830. The van der Waals surface area contributed by atoms with Crippen LogP contribution < -0.4 is 4.74 Å². The molecule has 1 atom stereocenters. The van der Waals surface area contributed by atoms with Crippen molar-refractivity contribution in [2.24, 2.45) is 0 Å². The summed E-state index contributed by atoms with van der Waals surface area (Å²) in [7, 11) is 0. The summed E-state index contributed by atoms with van der Waals surface area (Å²) < 4.78 is 6.54. The highest BCUT2D eigenvalue weighted by Crippen LogP contribution is 2.24. The van der Waals surface area contributed by atoms with Crippen LogP contribution in [-0.4, -0.2) is 11.7 Å². The molecule has 2 aromatic carbocycles. The predicted molar refractivity (Wildman–Crippen MR) is 80.8 cm³/mol. The van der Waals surface area contributed by atoms with E-state index in [1.807, 2.05) is 55.5 Å². The zero-order chi connectivity index (χ0) is 13.0. The summed E-state index contributed by atoms with van der Waals surface area (Å²) in [4.78, 5) is 0. The van der Waals surface area contributed by atoms with Crippen molar-refractivity contribution in [3.8, 4) is 5.75 Å². The Balaban J connectivity index is 2.17. The average Bonchev–Trinajstić information content (AvgIpc) is 2.40. The van der Waals surface area contributed by atoms with Gasteiger partial charge in [0.25, 0.3) is 0 Å². The van der Waals surface area contributed by atoms with E-state index in [4.69, 9.17) is 4.74 Å².